The van der Waals surface area contributed by atoms with Crippen LogP contribution in [0.15, 0.2) is 18.5 Å². The first-order chi connectivity index (χ1) is 9.61. The lowest BCUT2D eigenvalue weighted by atomic mass is 9.91. The third-order valence-electron chi connectivity index (χ3n) is 3.97. The van der Waals surface area contributed by atoms with E-state index in [-0.39, 0.29) is 0 Å². The van der Waals surface area contributed by atoms with E-state index in [1.54, 1.807) is 0 Å². The van der Waals surface area contributed by atoms with Crippen molar-refractivity contribution in [1.29, 1.82) is 0 Å². The first kappa shape index (κ1) is 13.1. The second kappa shape index (κ2) is 5.23. The number of hydrogen-bond acceptors (Lipinski definition) is 4. The summed E-state index contributed by atoms with van der Waals surface area (Å²) in [6, 6.07) is 2.08. The molecule has 1 saturated heterocycles. The number of aromatic nitrogens is 4. The van der Waals surface area contributed by atoms with E-state index in [1.807, 2.05) is 31.8 Å². The van der Waals surface area contributed by atoms with Crippen LogP contribution in [0.5, 0.6) is 0 Å². The molecule has 106 valence electrons. The SMILES string of the molecule is Cc1cc(N2CCC(c3cnn(C)c3)CC2)nc(C)n1. The summed E-state index contributed by atoms with van der Waals surface area (Å²) in [5, 5.41) is 4.27. The highest BCUT2D eigenvalue weighted by Gasteiger charge is 2.22. The molecule has 3 heterocycles. The van der Waals surface area contributed by atoms with Gasteiger partial charge in [0.1, 0.15) is 11.6 Å². The highest BCUT2D eigenvalue weighted by molar-refractivity contribution is 5.40. The van der Waals surface area contributed by atoms with E-state index in [0.717, 1.165) is 43.3 Å². The van der Waals surface area contributed by atoms with Crippen molar-refractivity contribution in [3.05, 3.63) is 35.5 Å². The molecular formula is C15H21N5. The standard InChI is InChI=1S/C15H21N5/c1-11-8-15(18-12(2)17-11)20-6-4-13(5-7-20)14-9-16-19(3)10-14/h8-10,13H,4-7H2,1-3H3. The fraction of sp³-hybridized carbons (Fsp3) is 0.533. The van der Waals surface area contributed by atoms with Gasteiger partial charge in [-0.25, -0.2) is 9.97 Å². The van der Waals surface area contributed by atoms with Crippen LogP contribution in [-0.2, 0) is 7.05 Å². The third-order valence-corrected chi connectivity index (χ3v) is 3.97. The summed E-state index contributed by atoms with van der Waals surface area (Å²) in [7, 11) is 1.98. The zero-order chi connectivity index (χ0) is 14.1. The first-order valence-corrected chi connectivity index (χ1v) is 7.17. The van der Waals surface area contributed by atoms with E-state index >= 15 is 0 Å². The van der Waals surface area contributed by atoms with E-state index in [1.165, 1.54) is 5.56 Å². The molecule has 2 aromatic heterocycles. The molecule has 3 rings (SSSR count). The maximum Gasteiger partial charge on any atom is 0.132 e. The Morgan fingerprint density at radius 2 is 1.90 bits per heavy atom. The number of hydrogen-bond donors (Lipinski definition) is 0. The van der Waals surface area contributed by atoms with Crippen LogP contribution in [-0.4, -0.2) is 32.8 Å². The van der Waals surface area contributed by atoms with Crippen LogP contribution in [0, 0.1) is 13.8 Å². The zero-order valence-electron chi connectivity index (χ0n) is 12.4. The molecule has 0 aromatic carbocycles. The second-order valence-electron chi connectivity index (χ2n) is 5.62. The molecule has 1 aliphatic heterocycles. The molecule has 2 aromatic rings. The van der Waals surface area contributed by atoms with Gasteiger partial charge in [0.05, 0.1) is 6.20 Å². The van der Waals surface area contributed by atoms with Crippen LogP contribution >= 0.6 is 0 Å². The summed E-state index contributed by atoms with van der Waals surface area (Å²) < 4.78 is 1.89. The van der Waals surface area contributed by atoms with Gasteiger partial charge in [-0.05, 0) is 38.2 Å². The summed E-state index contributed by atoms with van der Waals surface area (Å²) in [6.07, 6.45) is 6.46. The molecule has 5 heteroatoms. The van der Waals surface area contributed by atoms with Gasteiger partial charge in [0.2, 0.25) is 0 Å². The lowest BCUT2D eigenvalue weighted by molar-refractivity contribution is 0.502. The summed E-state index contributed by atoms with van der Waals surface area (Å²) >= 11 is 0. The van der Waals surface area contributed by atoms with Crippen molar-refractivity contribution >= 4 is 5.82 Å². The fourth-order valence-electron chi connectivity index (χ4n) is 2.95. The maximum atomic E-state index is 4.56. The Labute approximate surface area is 119 Å². The highest BCUT2D eigenvalue weighted by Crippen LogP contribution is 2.29. The number of aryl methyl sites for hydroxylation is 3. The Hall–Kier alpha value is -1.91. The zero-order valence-corrected chi connectivity index (χ0v) is 12.4. The van der Waals surface area contributed by atoms with Gasteiger partial charge in [0, 0.05) is 38.1 Å². The van der Waals surface area contributed by atoms with Gasteiger partial charge in [-0.15, -0.1) is 0 Å². The summed E-state index contributed by atoms with van der Waals surface area (Å²) in [6.45, 7) is 6.09. The molecule has 0 atom stereocenters. The van der Waals surface area contributed by atoms with E-state index in [0.29, 0.717) is 5.92 Å². The molecule has 0 spiro atoms. The quantitative estimate of drug-likeness (QED) is 0.840. The van der Waals surface area contributed by atoms with Gasteiger partial charge in [0.25, 0.3) is 0 Å². The number of piperidine rings is 1. The average molecular weight is 271 g/mol. The molecule has 0 bridgehead atoms. The first-order valence-electron chi connectivity index (χ1n) is 7.17. The second-order valence-corrected chi connectivity index (χ2v) is 5.62. The average Bonchev–Trinajstić information content (AvgIpc) is 2.84. The number of anilines is 1. The van der Waals surface area contributed by atoms with Crippen LogP contribution < -0.4 is 4.90 Å². The molecule has 0 unspecified atom stereocenters. The molecule has 20 heavy (non-hydrogen) atoms. The topological polar surface area (TPSA) is 46.8 Å². The van der Waals surface area contributed by atoms with Gasteiger partial charge in [-0.2, -0.15) is 5.10 Å². The molecule has 1 aliphatic rings. The Kier molecular flexibility index (Phi) is 3.42. The van der Waals surface area contributed by atoms with Gasteiger partial charge in [-0.1, -0.05) is 0 Å². The molecule has 0 amide bonds. The Morgan fingerprint density at radius 1 is 1.15 bits per heavy atom. The molecule has 1 fully saturated rings. The largest absolute Gasteiger partial charge is 0.356 e. The molecule has 0 N–H and O–H groups in total. The minimum absolute atomic E-state index is 0.629. The predicted molar refractivity (Wildman–Crippen MR) is 78.9 cm³/mol. The molecule has 0 radical (unpaired) electrons. The summed E-state index contributed by atoms with van der Waals surface area (Å²) in [4.78, 5) is 11.3. The van der Waals surface area contributed by atoms with Gasteiger partial charge in [-0.3, -0.25) is 4.68 Å². The molecule has 0 aliphatic carbocycles. The Bertz CT molecular complexity index is 576. The van der Waals surface area contributed by atoms with Crippen LogP contribution in [0.4, 0.5) is 5.82 Å². The smallest absolute Gasteiger partial charge is 0.132 e. The van der Waals surface area contributed by atoms with Gasteiger partial charge >= 0.3 is 0 Å². The van der Waals surface area contributed by atoms with Crippen molar-refractivity contribution in [2.75, 3.05) is 18.0 Å². The lowest BCUT2D eigenvalue weighted by Gasteiger charge is -2.32. The summed E-state index contributed by atoms with van der Waals surface area (Å²) in [5.74, 6) is 2.55. The number of rotatable bonds is 2. The van der Waals surface area contributed by atoms with Crippen molar-refractivity contribution in [2.45, 2.75) is 32.6 Å². The lowest BCUT2D eigenvalue weighted by Crippen LogP contribution is -2.33. The van der Waals surface area contributed by atoms with Crippen molar-refractivity contribution in [2.24, 2.45) is 7.05 Å². The third kappa shape index (κ3) is 2.66. The van der Waals surface area contributed by atoms with Gasteiger partial charge in [0.15, 0.2) is 0 Å². The minimum atomic E-state index is 0.629. The van der Waals surface area contributed by atoms with Crippen LogP contribution in [0.3, 0.4) is 0 Å². The van der Waals surface area contributed by atoms with Gasteiger partial charge < -0.3 is 4.90 Å². The summed E-state index contributed by atoms with van der Waals surface area (Å²) in [5.41, 5.74) is 2.41. The van der Waals surface area contributed by atoms with Crippen molar-refractivity contribution in [3.63, 3.8) is 0 Å². The van der Waals surface area contributed by atoms with Crippen molar-refractivity contribution < 1.29 is 0 Å². The van der Waals surface area contributed by atoms with E-state index in [4.69, 9.17) is 0 Å². The highest BCUT2D eigenvalue weighted by atomic mass is 15.2. The fourth-order valence-corrected chi connectivity index (χ4v) is 2.95. The van der Waals surface area contributed by atoms with E-state index in [2.05, 4.69) is 32.2 Å². The van der Waals surface area contributed by atoms with E-state index < -0.39 is 0 Å². The number of nitrogens with zero attached hydrogens (tertiary/aromatic N) is 5. The van der Waals surface area contributed by atoms with Crippen molar-refractivity contribution in [1.82, 2.24) is 19.7 Å². The predicted octanol–water partition coefficient (Wildman–Crippen LogP) is 2.21. The minimum Gasteiger partial charge on any atom is -0.356 e. The molecular weight excluding hydrogens is 250 g/mol. The Morgan fingerprint density at radius 3 is 2.50 bits per heavy atom. The van der Waals surface area contributed by atoms with Crippen LogP contribution in [0.1, 0.15) is 35.8 Å². The Balaban J connectivity index is 1.69. The molecule has 5 nitrogen and oxygen atoms in total. The maximum absolute atomic E-state index is 4.56. The molecule has 0 saturated carbocycles. The van der Waals surface area contributed by atoms with Crippen LogP contribution in [0.25, 0.3) is 0 Å². The van der Waals surface area contributed by atoms with Crippen molar-refractivity contribution in [3.8, 4) is 0 Å². The van der Waals surface area contributed by atoms with Crippen LogP contribution in [0.2, 0.25) is 0 Å². The van der Waals surface area contributed by atoms with E-state index in [9.17, 15) is 0 Å². The normalized spacial score (nSPS) is 16.6. The monoisotopic (exact) mass is 271 g/mol.